The van der Waals surface area contributed by atoms with Crippen molar-refractivity contribution in [3.8, 4) is 16.9 Å². The first-order chi connectivity index (χ1) is 11.6. The van der Waals surface area contributed by atoms with Gasteiger partial charge in [-0.2, -0.15) is 0 Å². The molecule has 0 saturated carbocycles. The number of hydrogen-bond acceptors (Lipinski definition) is 7. The highest BCUT2D eigenvalue weighted by atomic mass is 32.2. The number of aromatic nitrogens is 2. The standard InChI is InChI=1S/C17H20N4OS2/c1-21(2)8-9-23-17-19-15(18)14-13(10-24-16(14)20-17)11-4-6-12(22-3)7-5-11/h4-7,10H,8-9H2,1-3H3,(H2,18,19,20). The Morgan fingerprint density at radius 3 is 2.62 bits per heavy atom. The van der Waals surface area contributed by atoms with Crippen LogP contribution in [0.3, 0.4) is 0 Å². The van der Waals surface area contributed by atoms with Crippen LogP contribution in [0.15, 0.2) is 34.8 Å². The monoisotopic (exact) mass is 360 g/mol. The van der Waals surface area contributed by atoms with Crippen molar-refractivity contribution >= 4 is 39.1 Å². The van der Waals surface area contributed by atoms with Crippen LogP contribution < -0.4 is 10.5 Å². The van der Waals surface area contributed by atoms with Crippen molar-refractivity contribution in [3.05, 3.63) is 29.6 Å². The van der Waals surface area contributed by atoms with Gasteiger partial charge in [-0.3, -0.25) is 0 Å². The van der Waals surface area contributed by atoms with E-state index in [1.54, 1.807) is 30.2 Å². The van der Waals surface area contributed by atoms with Crippen LogP contribution in [0.25, 0.3) is 21.3 Å². The molecule has 0 radical (unpaired) electrons. The van der Waals surface area contributed by atoms with Gasteiger partial charge >= 0.3 is 0 Å². The number of nitrogens with two attached hydrogens (primary N) is 1. The van der Waals surface area contributed by atoms with Crippen LogP contribution in [-0.2, 0) is 0 Å². The van der Waals surface area contributed by atoms with Crippen LogP contribution in [0.4, 0.5) is 5.82 Å². The summed E-state index contributed by atoms with van der Waals surface area (Å²) in [5.41, 5.74) is 8.39. The topological polar surface area (TPSA) is 64.3 Å². The molecular formula is C17H20N4OS2. The zero-order valence-electron chi connectivity index (χ0n) is 13.9. The lowest BCUT2D eigenvalue weighted by Gasteiger charge is -2.08. The van der Waals surface area contributed by atoms with E-state index in [1.807, 2.05) is 24.3 Å². The van der Waals surface area contributed by atoms with E-state index in [9.17, 15) is 0 Å². The number of fused-ring (bicyclic) bond motifs is 1. The molecule has 2 heterocycles. The van der Waals surface area contributed by atoms with E-state index in [0.29, 0.717) is 5.82 Å². The lowest BCUT2D eigenvalue weighted by atomic mass is 10.1. The van der Waals surface area contributed by atoms with Gasteiger partial charge in [0.05, 0.1) is 12.5 Å². The third kappa shape index (κ3) is 3.63. The molecule has 0 unspecified atom stereocenters. The van der Waals surface area contributed by atoms with Crippen LogP contribution in [-0.4, -0.2) is 48.4 Å². The predicted molar refractivity (Wildman–Crippen MR) is 103 cm³/mol. The Kier molecular flexibility index (Phi) is 5.23. The lowest BCUT2D eigenvalue weighted by Crippen LogP contribution is -2.15. The van der Waals surface area contributed by atoms with E-state index in [2.05, 4.69) is 34.3 Å². The molecule has 0 atom stereocenters. The molecule has 0 saturated heterocycles. The molecule has 0 bridgehead atoms. The number of hydrogen-bond donors (Lipinski definition) is 1. The molecule has 0 amide bonds. The number of rotatable bonds is 6. The molecule has 5 nitrogen and oxygen atoms in total. The predicted octanol–water partition coefficient (Wildman–Crippen LogP) is 3.60. The number of thioether (sulfide) groups is 1. The molecule has 7 heteroatoms. The summed E-state index contributed by atoms with van der Waals surface area (Å²) in [6, 6.07) is 7.95. The fourth-order valence-corrected chi connectivity index (χ4v) is 4.29. The summed E-state index contributed by atoms with van der Waals surface area (Å²) in [6.45, 7) is 0.980. The number of thiophene rings is 1. The van der Waals surface area contributed by atoms with Crippen LogP contribution in [0.1, 0.15) is 0 Å². The Hall–Kier alpha value is -1.83. The largest absolute Gasteiger partial charge is 0.497 e. The van der Waals surface area contributed by atoms with Gasteiger partial charge in [-0.1, -0.05) is 23.9 Å². The quantitative estimate of drug-likeness (QED) is 0.535. The zero-order valence-corrected chi connectivity index (χ0v) is 15.6. The Bertz CT molecular complexity index is 830. The van der Waals surface area contributed by atoms with E-state index >= 15 is 0 Å². The van der Waals surface area contributed by atoms with Gasteiger partial charge in [-0.15, -0.1) is 11.3 Å². The summed E-state index contributed by atoms with van der Waals surface area (Å²) in [5.74, 6) is 2.32. The highest BCUT2D eigenvalue weighted by molar-refractivity contribution is 7.99. The average molecular weight is 361 g/mol. The third-order valence-corrected chi connectivity index (χ3v) is 5.31. The van der Waals surface area contributed by atoms with Gasteiger partial charge in [0.1, 0.15) is 16.4 Å². The maximum Gasteiger partial charge on any atom is 0.190 e. The number of methoxy groups -OCH3 is 1. The van der Waals surface area contributed by atoms with Gasteiger partial charge < -0.3 is 15.4 Å². The summed E-state index contributed by atoms with van der Waals surface area (Å²) in [5, 5.41) is 3.76. The second kappa shape index (κ2) is 7.38. The first kappa shape index (κ1) is 17.0. The van der Waals surface area contributed by atoms with Crippen LogP contribution >= 0.6 is 23.1 Å². The molecule has 0 aliphatic carbocycles. The molecule has 3 rings (SSSR count). The maximum atomic E-state index is 6.23. The molecule has 0 spiro atoms. The van der Waals surface area contributed by atoms with Crippen molar-refractivity contribution in [2.24, 2.45) is 0 Å². The molecule has 0 aliphatic heterocycles. The Morgan fingerprint density at radius 2 is 1.96 bits per heavy atom. The normalized spacial score (nSPS) is 11.3. The van der Waals surface area contributed by atoms with Gasteiger partial charge in [0, 0.05) is 23.2 Å². The molecule has 24 heavy (non-hydrogen) atoms. The van der Waals surface area contributed by atoms with E-state index in [-0.39, 0.29) is 0 Å². The zero-order chi connectivity index (χ0) is 17.1. The van der Waals surface area contributed by atoms with Gasteiger partial charge in [0.25, 0.3) is 0 Å². The summed E-state index contributed by atoms with van der Waals surface area (Å²) in [6.07, 6.45) is 0. The molecule has 2 N–H and O–H groups in total. The van der Waals surface area contributed by atoms with E-state index in [0.717, 1.165) is 44.5 Å². The summed E-state index contributed by atoms with van der Waals surface area (Å²) >= 11 is 3.23. The number of nitrogens with zero attached hydrogens (tertiary/aromatic N) is 3. The first-order valence-electron chi connectivity index (χ1n) is 7.55. The maximum absolute atomic E-state index is 6.23. The summed E-state index contributed by atoms with van der Waals surface area (Å²) in [7, 11) is 5.77. The minimum Gasteiger partial charge on any atom is -0.497 e. The molecule has 2 aromatic heterocycles. The molecule has 0 fully saturated rings. The Balaban J connectivity index is 1.91. The third-order valence-electron chi connectivity index (χ3n) is 3.61. The molecule has 1 aromatic carbocycles. The SMILES string of the molecule is COc1ccc(-c2csc3nc(SCCN(C)C)nc(N)c23)cc1. The molecule has 126 valence electrons. The van der Waals surface area contributed by atoms with E-state index in [1.165, 1.54) is 0 Å². The van der Waals surface area contributed by atoms with Gasteiger partial charge in [-0.05, 0) is 31.8 Å². The Morgan fingerprint density at radius 1 is 1.21 bits per heavy atom. The van der Waals surface area contributed by atoms with Crippen LogP contribution in [0.5, 0.6) is 5.75 Å². The first-order valence-corrected chi connectivity index (χ1v) is 9.41. The van der Waals surface area contributed by atoms with Crippen molar-refractivity contribution in [1.29, 1.82) is 0 Å². The van der Waals surface area contributed by atoms with Crippen molar-refractivity contribution in [2.75, 3.05) is 39.2 Å². The molecular weight excluding hydrogens is 340 g/mol. The highest BCUT2D eigenvalue weighted by Crippen LogP contribution is 2.37. The van der Waals surface area contributed by atoms with Crippen molar-refractivity contribution in [2.45, 2.75) is 5.16 Å². The second-order valence-electron chi connectivity index (χ2n) is 5.60. The molecule has 3 aromatic rings. The fourth-order valence-electron chi connectivity index (χ4n) is 2.32. The second-order valence-corrected chi connectivity index (χ2v) is 7.52. The number of ether oxygens (including phenoxy) is 1. The minimum atomic E-state index is 0.541. The van der Waals surface area contributed by atoms with E-state index in [4.69, 9.17) is 10.5 Å². The van der Waals surface area contributed by atoms with Gasteiger partial charge in [0.2, 0.25) is 0 Å². The van der Waals surface area contributed by atoms with Crippen molar-refractivity contribution < 1.29 is 4.74 Å². The lowest BCUT2D eigenvalue weighted by molar-refractivity contribution is 0.415. The number of anilines is 1. The smallest absolute Gasteiger partial charge is 0.190 e. The van der Waals surface area contributed by atoms with Crippen molar-refractivity contribution in [1.82, 2.24) is 14.9 Å². The van der Waals surface area contributed by atoms with E-state index < -0.39 is 0 Å². The highest BCUT2D eigenvalue weighted by Gasteiger charge is 2.14. The summed E-state index contributed by atoms with van der Waals surface area (Å²) < 4.78 is 5.21. The van der Waals surface area contributed by atoms with Gasteiger partial charge in [-0.25, -0.2) is 9.97 Å². The minimum absolute atomic E-state index is 0.541. The average Bonchev–Trinajstić information content (AvgIpc) is 2.99. The van der Waals surface area contributed by atoms with Crippen LogP contribution in [0, 0.1) is 0 Å². The molecule has 0 aliphatic rings. The fraction of sp³-hybridized carbons (Fsp3) is 0.294. The number of nitrogen functional groups attached to an aromatic ring is 1. The van der Waals surface area contributed by atoms with Crippen LogP contribution in [0.2, 0.25) is 0 Å². The van der Waals surface area contributed by atoms with Crippen molar-refractivity contribution in [3.63, 3.8) is 0 Å². The number of benzene rings is 1. The Labute approximate surface area is 149 Å². The summed E-state index contributed by atoms with van der Waals surface area (Å²) in [4.78, 5) is 12.2. The van der Waals surface area contributed by atoms with Gasteiger partial charge in [0.15, 0.2) is 5.16 Å².